The maximum Gasteiger partial charge on any atom is 0.250 e. The van der Waals surface area contributed by atoms with Gasteiger partial charge in [0.1, 0.15) is 5.54 Å². The first-order valence-electron chi connectivity index (χ1n) is 9.92. The fraction of sp³-hybridized carbons (Fsp3) is 0.318. The van der Waals surface area contributed by atoms with Gasteiger partial charge in [0, 0.05) is 16.6 Å². The molecule has 2 aromatic rings. The van der Waals surface area contributed by atoms with E-state index in [0.717, 1.165) is 4.90 Å². The SMILES string of the molecule is CC(O)C1NC2(C(=O)Nc3c(Cl)cccc32)[C@@H]2C(=O)N(Cc3ccccc3Cl)C(=O)[C@H]12. The third-order valence-corrected chi connectivity index (χ3v) is 7.21. The first-order chi connectivity index (χ1) is 14.8. The topological polar surface area (TPSA) is 98.7 Å². The van der Waals surface area contributed by atoms with Crippen LogP contribution in [0.3, 0.4) is 0 Å². The van der Waals surface area contributed by atoms with Crippen LogP contribution in [-0.4, -0.2) is 39.9 Å². The molecule has 31 heavy (non-hydrogen) atoms. The van der Waals surface area contributed by atoms with Gasteiger partial charge in [0.15, 0.2) is 0 Å². The van der Waals surface area contributed by atoms with Crippen LogP contribution in [0.2, 0.25) is 10.0 Å². The monoisotopic (exact) mass is 459 g/mol. The van der Waals surface area contributed by atoms with Crippen molar-refractivity contribution < 1.29 is 19.5 Å². The summed E-state index contributed by atoms with van der Waals surface area (Å²) in [7, 11) is 0. The summed E-state index contributed by atoms with van der Waals surface area (Å²) in [4.78, 5) is 41.4. The maximum atomic E-state index is 13.6. The highest BCUT2D eigenvalue weighted by atomic mass is 35.5. The standard InChI is InChI=1S/C22H19Cl2N3O4/c1-10(28)17-15-16(20(30)27(19(15)29)9-11-5-2-3-7-13(11)23)22(26-17)12-6-4-8-14(24)18(12)25-21(22)31/h2-8,10,15-17,26,28H,9H2,1H3,(H,25,31)/t10?,15-,16-,17?,22?/m0/s1. The molecule has 1 spiro atoms. The summed E-state index contributed by atoms with van der Waals surface area (Å²) in [5.74, 6) is -3.29. The highest BCUT2D eigenvalue weighted by Gasteiger charge is 2.71. The Morgan fingerprint density at radius 2 is 1.77 bits per heavy atom. The van der Waals surface area contributed by atoms with Gasteiger partial charge in [0.25, 0.3) is 0 Å². The molecule has 7 nitrogen and oxygen atoms in total. The molecule has 2 fully saturated rings. The van der Waals surface area contributed by atoms with Crippen LogP contribution in [0.5, 0.6) is 0 Å². The van der Waals surface area contributed by atoms with Crippen LogP contribution in [0.15, 0.2) is 42.5 Å². The molecule has 160 valence electrons. The van der Waals surface area contributed by atoms with E-state index in [1.54, 1.807) is 42.5 Å². The minimum atomic E-state index is -1.49. The zero-order chi connectivity index (χ0) is 22.1. The molecule has 0 aliphatic carbocycles. The van der Waals surface area contributed by atoms with Crippen molar-refractivity contribution in [1.29, 1.82) is 0 Å². The zero-order valence-electron chi connectivity index (χ0n) is 16.4. The predicted octanol–water partition coefficient (Wildman–Crippen LogP) is 2.29. The minimum absolute atomic E-state index is 0.00300. The molecule has 0 aromatic heterocycles. The smallest absolute Gasteiger partial charge is 0.250 e. The Hall–Kier alpha value is -2.45. The van der Waals surface area contributed by atoms with E-state index in [-0.39, 0.29) is 6.54 Å². The maximum absolute atomic E-state index is 13.6. The summed E-state index contributed by atoms with van der Waals surface area (Å²) in [6.45, 7) is 1.53. The zero-order valence-corrected chi connectivity index (χ0v) is 17.9. The molecule has 3 N–H and O–H groups in total. The van der Waals surface area contributed by atoms with Crippen molar-refractivity contribution in [2.75, 3.05) is 5.32 Å². The molecule has 2 aromatic carbocycles. The number of amides is 3. The van der Waals surface area contributed by atoms with E-state index in [4.69, 9.17) is 23.2 Å². The van der Waals surface area contributed by atoms with Gasteiger partial charge in [-0.1, -0.05) is 53.5 Å². The lowest BCUT2D eigenvalue weighted by Crippen LogP contribution is -2.54. The molecule has 5 atom stereocenters. The third-order valence-electron chi connectivity index (χ3n) is 6.53. The molecule has 0 bridgehead atoms. The lowest BCUT2D eigenvalue weighted by atomic mass is 9.76. The molecule has 3 heterocycles. The Balaban J connectivity index is 1.63. The van der Waals surface area contributed by atoms with Crippen LogP contribution >= 0.6 is 23.2 Å². The average molecular weight is 460 g/mol. The number of halogens is 2. The number of benzene rings is 2. The number of hydrogen-bond acceptors (Lipinski definition) is 5. The summed E-state index contributed by atoms with van der Waals surface area (Å²) in [6, 6.07) is 11.2. The number of likely N-dealkylation sites (tertiary alicyclic amines) is 1. The number of aliphatic hydroxyl groups is 1. The summed E-state index contributed by atoms with van der Waals surface area (Å²) >= 11 is 12.5. The molecule has 3 aliphatic rings. The number of rotatable bonds is 3. The second-order valence-corrected chi connectivity index (χ2v) is 9.01. The van der Waals surface area contributed by atoms with Gasteiger partial charge in [-0.25, -0.2) is 0 Å². The Morgan fingerprint density at radius 1 is 1.06 bits per heavy atom. The third kappa shape index (κ3) is 2.70. The van der Waals surface area contributed by atoms with Crippen LogP contribution in [-0.2, 0) is 26.5 Å². The highest BCUT2D eigenvalue weighted by Crippen LogP contribution is 2.54. The van der Waals surface area contributed by atoms with E-state index >= 15 is 0 Å². The van der Waals surface area contributed by atoms with Crippen molar-refractivity contribution in [3.63, 3.8) is 0 Å². The van der Waals surface area contributed by atoms with E-state index in [0.29, 0.717) is 26.9 Å². The molecule has 3 amide bonds. The summed E-state index contributed by atoms with van der Waals surface area (Å²) in [6.07, 6.45) is -0.972. The van der Waals surface area contributed by atoms with E-state index in [1.807, 2.05) is 0 Å². The Kier molecular flexibility index (Phi) is 4.64. The van der Waals surface area contributed by atoms with Crippen molar-refractivity contribution >= 4 is 46.6 Å². The van der Waals surface area contributed by atoms with Crippen LogP contribution in [0.25, 0.3) is 0 Å². The van der Waals surface area contributed by atoms with Crippen LogP contribution in [0, 0.1) is 11.8 Å². The van der Waals surface area contributed by atoms with Gasteiger partial charge >= 0.3 is 0 Å². The normalized spacial score (nSPS) is 30.0. The second-order valence-electron chi connectivity index (χ2n) is 8.19. The largest absolute Gasteiger partial charge is 0.392 e. The molecule has 3 unspecified atom stereocenters. The van der Waals surface area contributed by atoms with Crippen LogP contribution in [0.1, 0.15) is 18.1 Å². The molecule has 2 saturated heterocycles. The predicted molar refractivity (Wildman–Crippen MR) is 114 cm³/mol. The molecular formula is C22H19Cl2N3O4. The van der Waals surface area contributed by atoms with Gasteiger partial charge in [-0.2, -0.15) is 0 Å². The first kappa shape index (κ1) is 20.5. The fourth-order valence-electron chi connectivity index (χ4n) is 5.15. The number of imide groups is 1. The molecule has 5 rings (SSSR count). The van der Waals surface area contributed by atoms with Crippen molar-refractivity contribution in [1.82, 2.24) is 10.2 Å². The lowest BCUT2D eigenvalue weighted by molar-refractivity contribution is -0.143. The van der Waals surface area contributed by atoms with Crippen LogP contribution < -0.4 is 10.6 Å². The van der Waals surface area contributed by atoms with E-state index in [2.05, 4.69) is 10.6 Å². The lowest BCUT2D eigenvalue weighted by Gasteiger charge is -2.30. The van der Waals surface area contributed by atoms with Crippen LogP contribution in [0.4, 0.5) is 5.69 Å². The fourth-order valence-corrected chi connectivity index (χ4v) is 5.57. The Morgan fingerprint density at radius 3 is 2.48 bits per heavy atom. The van der Waals surface area contributed by atoms with Crippen molar-refractivity contribution in [3.8, 4) is 0 Å². The van der Waals surface area contributed by atoms with Gasteiger partial charge in [-0.15, -0.1) is 0 Å². The highest BCUT2D eigenvalue weighted by molar-refractivity contribution is 6.35. The summed E-state index contributed by atoms with van der Waals surface area (Å²) < 4.78 is 0. The van der Waals surface area contributed by atoms with Gasteiger partial charge in [-0.05, 0) is 24.6 Å². The van der Waals surface area contributed by atoms with Crippen molar-refractivity contribution in [3.05, 3.63) is 63.6 Å². The number of carbonyl (C=O) groups is 3. The number of aliphatic hydroxyl groups excluding tert-OH is 1. The number of nitrogens with zero attached hydrogens (tertiary/aromatic N) is 1. The number of nitrogens with one attached hydrogen (secondary N) is 2. The first-order valence-corrected chi connectivity index (χ1v) is 10.7. The molecule has 9 heteroatoms. The number of hydrogen-bond donors (Lipinski definition) is 3. The van der Waals surface area contributed by atoms with Crippen molar-refractivity contribution in [2.45, 2.75) is 31.2 Å². The molecular weight excluding hydrogens is 441 g/mol. The summed E-state index contributed by atoms with van der Waals surface area (Å²) in [5.41, 5.74) is 0.0512. The number of fused-ring (bicyclic) bond motifs is 4. The van der Waals surface area contributed by atoms with E-state index in [9.17, 15) is 19.5 Å². The second kappa shape index (κ2) is 7.03. The van der Waals surface area contributed by atoms with Gasteiger partial charge < -0.3 is 10.4 Å². The quantitative estimate of drug-likeness (QED) is 0.611. The number of para-hydroxylation sites is 1. The molecule has 3 aliphatic heterocycles. The van der Waals surface area contributed by atoms with Crippen molar-refractivity contribution in [2.24, 2.45) is 11.8 Å². The van der Waals surface area contributed by atoms with Gasteiger partial charge in [0.2, 0.25) is 17.7 Å². The van der Waals surface area contributed by atoms with E-state index < -0.39 is 47.2 Å². The number of anilines is 1. The van der Waals surface area contributed by atoms with Gasteiger partial charge in [0.05, 0.1) is 35.2 Å². The Labute approximate surface area is 188 Å². The molecule has 0 radical (unpaired) electrons. The Bertz CT molecular complexity index is 1140. The minimum Gasteiger partial charge on any atom is -0.392 e. The van der Waals surface area contributed by atoms with E-state index in [1.165, 1.54) is 6.92 Å². The number of carbonyl (C=O) groups excluding carboxylic acids is 3. The summed E-state index contributed by atoms with van der Waals surface area (Å²) in [5, 5.41) is 17.1. The van der Waals surface area contributed by atoms with Gasteiger partial charge in [-0.3, -0.25) is 24.6 Å². The molecule has 0 saturated carbocycles. The average Bonchev–Trinajstić information content (AvgIpc) is 3.32.